The molecule has 3 nitrogen and oxygen atoms in total. The molecule has 0 aliphatic rings. The third kappa shape index (κ3) is 1.96. The van der Waals surface area contributed by atoms with Crippen LogP contribution in [0.1, 0.15) is 31.2 Å². The van der Waals surface area contributed by atoms with Gasteiger partial charge in [0.15, 0.2) is 0 Å². The summed E-state index contributed by atoms with van der Waals surface area (Å²) in [5.41, 5.74) is 1.31. The summed E-state index contributed by atoms with van der Waals surface area (Å²) in [4.78, 5) is 0. The van der Waals surface area contributed by atoms with Crippen LogP contribution in [0.3, 0.4) is 0 Å². The van der Waals surface area contributed by atoms with Crippen LogP contribution in [-0.4, -0.2) is 10.2 Å². The first-order valence-corrected chi connectivity index (χ1v) is 5.18. The molecule has 4 heteroatoms. The zero-order chi connectivity index (χ0) is 11.7. The van der Waals surface area contributed by atoms with E-state index >= 15 is 0 Å². The summed E-state index contributed by atoms with van der Waals surface area (Å²) in [5, 5.41) is 7.47. The molecular formula is C12H13FN2O. The maximum absolute atomic E-state index is 13.8. The predicted molar refractivity (Wildman–Crippen MR) is 58.5 cm³/mol. The molecule has 0 bridgehead atoms. The number of aryl methyl sites for hydroxylation is 1. The monoisotopic (exact) mass is 220 g/mol. The number of rotatable bonds is 2. The molecular weight excluding hydrogens is 207 g/mol. The quantitative estimate of drug-likeness (QED) is 0.779. The molecule has 0 aliphatic heterocycles. The molecule has 0 N–H and O–H groups in total. The molecule has 2 aromatic rings. The maximum atomic E-state index is 13.8. The highest BCUT2D eigenvalue weighted by atomic mass is 19.1. The molecule has 1 aromatic carbocycles. The van der Waals surface area contributed by atoms with E-state index in [4.69, 9.17) is 4.42 Å². The number of benzene rings is 1. The first-order chi connectivity index (χ1) is 7.58. The minimum Gasteiger partial charge on any atom is -0.421 e. The molecule has 1 heterocycles. The van der Waals surface area contributed by atoms with Gasteiger partial charge in [-0.3, -0.25) is 0 Å². The third-order valence-electron chi connectivity index (χ3n) is 2.42. The van der Waals surface area contributed by atoms with Crippen LogP contribution in [0, 0.1) is 12.7 Å². The first-order valence-electron chi connectivity index (χ1n) is 5.18. The van der Waals surface area contributed by atoms with Gasteiger partial charge in [0.2, 0.25) is 5.89 Å². The lowest BCUT2D eigenvalue weighted by atomic mass is 10.0. The van der Waals surface area contributed by atoms with Gasteiger partial charge >= 0.3 is 0 Å². The van der Waals surface area contributed by atoms with Crippen LogP contribution in [-0.2, 0) is 0 Å². The van der Waals surface area contributed by atoms with Gasteiger partial charge in [-0.2, -0.15) is 0 Å². The minimum absolute atomic E-state index is 0.227. The topological polar surface area (TPSA) is 38.9 Å². The number of halogens is 1. The van der Waals surface area contributed by atoms with Crippen molar-refractivity contribution in [2.75, 3.05) is 0 Å². The molecule has 0 saturated heterocycles. The van der Waals surface area contributed by atoms with Crippen molar-refractivity contribution < 1.29 is 8.81 Å². The summed E-state index contributed by atoms with van der Waals surface area (Å²) in [6.45, 7) is 5.72. The summed E-state index contributed by atoms with van der Waals surface area (Å²) in [6, 6.07) is 5.07. The zero-order valence-corrected chi connectivity index (χ0v) is 9.49. The number of aromatic nitrogens is 2. The van der Waals surface area contributed by atoms with Gasteiger partial charge in [-0.1, -0.05) is 19.9 Å². The minimum atomic E-state index is -0.324. The lowest BCUT2D eigenvalue weighted by Crippen LogP contribution is -1.91. The van der Waals surface area contributed by atoms with E-state index in [1.807, 2.05) is 19.9 Å². The first kappa shape index (κ1) is 10.8. The zero-order valence-electron chi connectivity index (χ0n) is 9.49. The molecule has 0 aliphatic carbocycles. The van der Waals surface area contributed by atoms with E-state index in [9.17, 15) is 4.39 Å². The van der Waals surface area contributed by atoms with Crippen LogP contribution in [0.2, 0.25) is 0 Å². The van der Waals surface area contributed by atoms with Crippen LogP contribution < -0.4 is 0 Å². The highest BCUT2D eigenvalue weighted by molar-refractivity contribution is 5.54. The van der Waals surface area contributed by atoms with E-state index in [-0.39, 0.29) is 11.7 Å². The highest BCUT2D eigenvalue weighted by Crippen LogP contribution is 2.25. The van der Waals surface area contributed by atoms with Gasteiger partial charge < -0.3 is 4.42 Å². The van der Waals surface area contributed by atoms with Gasteiger partial charge in [0, 0.05) is 6.92 Å². The lowest BCUT2D eigenvalue weighted by molar-refractivity contribution is 0.526. The molecule has 0 atom stereocenters. The fraction of sp³-hybridized carbons (Fsp3) is 0.333. The SMILES string of the molecule is Cc1nnc(-c2ccc(C(C)C)cc2F)o1. The summed E-state index contributed by atoms with van der Waals surface area (Å²) in [5.74, 6) is 0.635. The van der Waals surface area contributed by atoms with E-state index in [0.717, 1.165) is 5.56 Å². The average molecular weight is 220 g/mol. The maximum Gasteiger partial charge on any atom is 0.250 e. The van der Waals surface area contributed by atoms with Crippen molar-refractivity contribution in [1.29, 1.82) is 0 Å². The number of hydrogen-bond acceptors (Lipinski definition) is 3. The Hall–Kier alpha value is -1.71. The molecule has 16 heavy (non-hydrogen) atoms. The molecule has 0 amide bonds. The van der Waals surface area contributed by atoms with Crippen molar-refractivity contribution in [3.05, 3.63) is 35.5 Å². The molecule has 0 spiro atoms. The summed E-state index contributed by atoms with van der Waals surface area (Å²) < 4.78 is 19.0. The van der Waals surface area contributed by atoms with Gasteiger partial charge in [-0.05, 0) is 23.6 Å². The Morgan fingerprint density at radius 3 is 2.50 bits per heavy atom. The van der Waals surface area contributed by atoms with E-state index < -0.39 is 0 Å². The Balaban J connectivity index is 2.44. The average Bonchev–Trinajstić information content (AvgIpc) is 2.64. The smallest absolute Gasteiger partial charge is 0.250 e. The standard InChI is InChI=1S/C12H13FN2O/c1-7(2)9-4-5-10(11(13)6-9)12-15-14-8(3)16-12/h4-7H,1-3H3. The molecule has 0 unspecified atom stereocenters. The van der Waals surface area contributed by atoms with Crippen LogP contribution >= 0.6 is 0 Å². The van der Waals surface area contributed by atoms with Crippen molar-refractivity contribution in [1.82, 2.24) is 10.2 Å². The molecule has 84 valence electrons. The van der Waals surface area contributed by atoms with Gasteiger partial charge in [0.05, 0.1) is 5.56 Å². The van der Waals surface area contributed by atoms with Crippen LogP contribution in [0.15, 0.2) is 22.6 Å². The summed E-state index contributed by atoms with van der Waals surface area (Å²) >= 11 is 0. The molecule has 0 radical (unpaired) electrons. The van der Waals surface area contributed by atoms with Crippen molar-refractivity contribution in [2.45, 2.75) is 26.7 Å². The third-order valence-corrected chi connectivity index (χ3v) is 2.42. The normalized spacial score (nSPS) is 11.1. The molecule has 0 saturated carbocycles. The summed E-state index contributed by atoms with van der Waals surface area (Å²) in [7, 11) is 0. The Kier molecular flexibility index (Phi) is 2.73. The lowest BCUT2D eigenvalue weighted by Gasteiger charge is -2.06. The number of nitrogens with zero attached hydrogens (tertiary/aromatic N) is 2. The van der Waals surface area contributed by atoms with Crippen molar-refractivity contribution in [3.63, 3.8) is 0 Å². The largest absolute Gasteiger partial charge is 0.421 e. The van der Waals surface area contributed by atoms with Gasteiger partial charge in [-0.25, -0.2) is 4.39 Å². The second-order valence-electron chi connectivity index (χ2n) is 4.02. The van der Waals surface area contributed by atoms with E-state index in [1.165, 1.54) is 6.07 Å². The highest BCUT2D eigenvalue weighted by Gasteiger charge is 2.12. The fourth-order valence-electron chi connectivity index (χ4n) is 1.47. The second kappa shape index (κ2) is 4.04. The van der Waals surface area contributed by atoms with Crippen molar-refractivity contribution in [3.8, 4) is 11.5 Å². The van der Waals surface area contributed by atoms with Gasteiger partial charge in [-0.15, -0.1) is 10.2 Å². The van der Waals surface area contributed by atoms with E-state index in [1.54, 1.807) is 13.0 Å². The molecule has 2 rings (SSSR count). The predicted octanol–water partition coefficient (Wildman–Crippen LogP) is 3.31. The van der Waals surface area contributed by atoms with Crippen molar-refractivity contribution >= 4 is 0 Å². The second-order valence-corrected chi connectivity index (χ2v) is 4.02. The number of hydrogen-bond donors (Lipinski definition) is 0. The molecule has 1 aromatic heterocycles. The van der Waals surface area contributed by atoms with Gasteiger partial charge in [0.25, 0.3) is 5.89 Å². The van der Waals surface area contributed by atoms with Crippen LogP contribution in [0.25, 0.3) is 11.5 Å². The Morgan fingerprint density at radius 2 is 2.00 bits per heavy atom. The fourth-order valence-corrected chi connectivity index (χ4v) is 1.47. The van der Waals surface area contributed by atoms with E-state index in [2.05, 4.69) is 10.2 Å². The summed E-state index contributed by atoms with van der Waals surface area (Å²) in [6.07, 6.45) is 0. The van der Waals surface area contributed by atoms with Crippen LogP contribution in [0.4, 0.5) is 4.39 Å². The molecule has 0 fully saturated rings. The van der Waals surface area contributed by atoms with Crippen LogP contribution in [0.5, 0.6) is 0 Å². The Morgan fingerprint density at radius 1 is 1.25 bits per heavy atom. The Labute approximate surface area is 93.3 Å². The van der Waals surface area contributed by atoms with Crippen molar-refractivity contribution in [2.24, 2.45) is 0 Å². The Bertz CT molecular complexity index is 505. The van der Waals surface area contributed by atoms with E-state index in [0.29, 0.717) is 17.4 Å². The van der Waals surface area contributed by atoms with Gasteiger partial charge in [0.1, 0.15) is 5.82 Å².